The molecule has 0 unspecified atom stereocenters. The molecule has 3 aromatic heterocycles. The van der Waals surface area contributed by atoms with E-state index in [2.05, 4.69) is 25.4 Å². The summed E-state index contributed by atoms with van der Waals surface area (Å²) in [6, 6.07) is 8.95. The molecule has 156 valence electrons. The van der Waals surface area contributed by atoms with Gasteiger partial charge in [-0.15, -0.1) is 0 Å². The number of benzene rings is 1. The Hall–Kier alpha value is -4.34. The largest absolute Gasteiger partial charge is 0.479 e. The lowest BCUT2D eigenvalue weighted by molar-refractivity contribution is 0.102. The van der Waals surface area contributed by atoms with Gasteiger partial charge in [-0.05, 0) is 43.3 Å². The van der Waals surface area contributed by atoms with E-state index < -0.39 is 11.7 Å². The zero-order valence-electron chi connectivity index (χ0n) is 16.6. The number of halogens is 1. The Labute approximate surface area is 176 Å². The zero-order valence-corrected chi connectivity index (χ0v) is 16.6. The standard InChI is InChI=1S/C21H17FN6O3/c1-11-17(18(28-31-11)12-3-5-14(22)6-4-12)19(29)26-16-8-7-15(27-20(16)30-2)13-9-24-21(23)25-10-13/h3-10H,1-2H3,(H,26,29)(H2,23,24,25). The molecule has 0 fully saturated rings. The number of anilines is 2. The molecule has 0 aliphatic rings. The first-order valence-electron chi connectivity index (χ1n) is 9.12. The minimum atomic E-state index is -0.471. The first-order valence-corrected chi connectivity index (χ1v) is 9.12. The maximum Gasteiger partial charge on any atom is 0.261 e. The summed E-state index contributed by atoms with van der Waals surface area (Å²) in [6.07, 6.45) is 3.08. The summed E-state index contributed by atoms with van der Waals surface area (Å²) in [5.41, 5.74) is 8.12. The molecule has 0 atom stereocenters. The maximum absolute atomic E-state index is 13.3. The Kier molecular flexibility index (Phi) is 5.27. The summed E-state index contributed by atoms with van der Waals surface area (Å²) in [5, 5.41) is 6.71. The summed E-state index contributed by atoms with van der Waals surface area (Å²) in [6.45, 7) is 1.62. The molecule has 0 spiro atoms. The van der Waals surface area contributed by atoms with Crippen molar-refractivity contribution in [2.45, 2.75) is 6.92 Å². The highest BCUT2D eigenvalue weighted by Crippen LogP contribution is 2.30. The summed E-state index contributed by atoms with van der Waals surface area (Å²) < 4.78 is 23.8. The van der Waals surface area contributed by atoms with E-state index in [9.17, 15) is 9.18 Å². The summed E-state index contributed by atoms with van der Waals surface area (Å²) >= 11 is 0. The lowest BCUT2D eigenvalue weighted by atomic mass is 10.1. The van der Waals surface area contributed by atoms with Crippen LogP contribution in [-0.4, -0.2) is 33.1 Å². The van der Waals surface area contributed by atoms with Gasteiger partial charge in [0.15, 0.2) is 0 Å². The van der Waals surface area contributed by atoms with Gasteiger partial charge in [0.05, 0.1) is 12.8 Å². The molecule has 0 aliphatic carbocycles. The highest BCUT2D eigenvalue weighted by atomic mass is 19.1. The van der Waals surface area contributed by atoms with Gasteiger partial charge in [-0.2, -0.15) is 0 Å². The smallest absolute Gasteiger partial charge is 0.261 e. The van der Waals surface area contributed by atoms with Crippen LogP contribution in [-0.2, 0) is 0 Å². The Morgan fingerprint density at radius 1 is 1.10 bits per heavy atom. The van der Waals surface area contributed by atoms with E-state index in [1.807, 2.05) is 0 Å². The number of carbonyl (C=O) groups excluding carboxylic acids is 1. The molecule has 4 rings (SSSR count). The van der Waals surface area contributed by atoms with Crippen LogP contribution in [0.25, 0.3) is 22.5 Å². The molecule has 3 N–H and O–H groups in total. The minimum Gasteiger partial charge on any atom is -0.479 e. The number of nitrogens with one attached hydrogen (secondary N) is 1. The van der Waals surface area contributed by atoms with Crippen molar-refractivity contribution in [3.05, 3.63) is 65.9 Å². The fraction of sp³-hybridized carbons (Fsp3) is 0.0952. The highest BCUT2D eigenvalue weighted by molar-refractivity contribution is 6.09. The van der Waals surface area contributed by atoms with Crippen molar-refractivity contribution >= 4 is 17.5 Å². The van der Waals surface area contributed by atoms with Crippen LogP contribution in [0.15, 0.2) is 53.3 Å². The van der Waals surface area contributed by atoms with Gasteiger partial charge in [-0.1, -0.05) is 5.16 Å². The van der Waals surface area contributed by atoms with Crippen LogP contribution in [0.2, 0.25) is 0 Å². The van der Waals surface area contributed by atoms with Crippen molar-refractivity contribution < 1.29 is 18.4 Å². The molecule has 9 nitrogen and oxygen atoms in total. The van der Waals surface area contributed by atoms with E-state index in [0.717, 1.165) is 0 Å². The topological polar surface area (TPSA) is 129 Å². The van der Waals surface area contributed by atoms with Crippen molar-refractivity contribution in [1.29, 1.82) is 0 Å². The second kappa shape index (κ2) is 8.19. The number of carbonyl (C=O) groups is 1. The van der Waals surface area contributed by atoms with Crippen molar-refractivity contribution in [2.75, 3.05) is 18.2 Å². The van der Waals surface area contributed by atoms with E-state index in [0.29, 0.717) is 34.0 Å². The molecule has 4 aromatic rings. The van der Waals surface area contributed by atoms with Crippen molar-refractivity contribution in [1.82, 2.24) is 20.1 Å². The number of methoxy groups -OCH3 is 1. The average Bonchev–Trinajstić information content (AvgIpc) is 3.16. The molecule has 0 saturated carbocycles. The molecule has 10 heteroatoms. The Balaban J connectivity index is 1.64. The molecule has 0 aliphatic heterocycles. The number of nitrogen functional groups attached to an aromatic ring is 1. The quantitative estimate of drug-likeness (QED) is 0.502. The highest BCUT2D eigenvalue weighted by Gasteiger charge is 2.23. The van der Waals surface area contributed by atoms with E-state index >= 15 is 0 Å². The van der Waals surface area contributed by atoms with Gasteiger partial charge in [0, 0.05) is 23.5 Å². The number of aryl methyl sites for hydroxylation is 1. The van der Waals surface area contributed by atoms with Crippen LogP contribution in [0, 0.1) is 12.7 Å². The monoisotopic (exact) mass is 420 g/mol. The molecule has 31 heavy (non-hydrogen) atoms. The minimum absolute atomic E-state index is 0.153. The summed E-state index contributed by atoms with van der Waals surface area (Å²) in [5.74, 6) is -0.195. The Morgan fingerprint density at radius 2 is 1.81 bits per heavy atom. The van der Waals surface area contributed by atoms with Crippen LogP contribution < -0.4 is 15.8 Å². The number of nitrogens with zero attached hydrogens (tertiary/aromatic N) is 4. The summed E-state index contributed by atoms with van der Waals surface area (Å²) in [4.78, 5) is 25.3. The fourth-order valence-corrected chi connectivity index (χ4v) is 2.95. The van der Waals surface area contributed by atoms with Crippen LogP contribution in [0.3, 0.4) is 0 Å². The number of ether oxygens (including phenoxy) is 1. The van der Waals surface area contributed by atoms with E-state index in [1.165, 1.54) is 43.8 Å². The average molecular weight is 420 g/mol. The number of hydrogen-bond donors (Lipinski definition) is 2. The Morgan fingerprint density at radius 3 is 2.48 bits per heavy atom. The van der Waals surface area contributed by atoms with Gasteiger partial charge in [0.2, 0.25) is 11.8 Å². The Bertz CT molecular complexity index is 1240. The maximum atomic E-state index is 13.3. The first kappa shape index (κ1) is 20.0. The molecule has 0 saturated heterocycles. The van der Waals surface area contributed by atoms with Gasteiger partial charge < -0.3 is 20.3 Å². The lowest BCUT2D eigenvalue weighted by Gasteiger charge is -2.11. The van der Waals surface area contributed by atoms with Crippen LogP contribution in [0.5, 0.6) is 5.88 Å². The normalized spacial score (nSPS) is 10.7. The van der Waals surface area contributed by atoms with E-state index in [-0.39, 0.29) is 17.4 Å². The molecule has 0 bridgehead atoms. The third kappa shape index (κ3) is 4.04. The molecule has 1 aromatic carbocycles. The number of nitrogens with two attached hydrogens (primary N) is 1. The van der Waals surface area contributed by atoms with Gasteiger partial charge >= 0.3 is 0 Å². The van der Waals surface area contributed by atoms with Crippen molar-refractivity contribution in [3.63, 3.8) is 0 Å². The number of rotatable bonds is 5. The van der Waals surface area contributed by atoms with E-state index in [4.69, 9.17) is 15.0 Å². The fourth-order valence-electron chi connectivity index (χ4n) is 2.95. The number of aromatic nitrogens is 4. The van der Waals surface area contributed by atoms with Crippen molar-refractivity contribution in [2.24, 2.45) is 0 Å². The van der Waals surface area contributed by atoms with Crippen LogP contribution >= 0.6 is 0 Å². The third-order valence-electron chi connectivity index (χ3n) is 4.48. The molecule has 0 radical (unpaired) electrons. The van der Waals surface area contributed by atoms with E-state index in [1.54, 1.807) is 19.1 Å². The molecular formula is C21H17FN6O3. The number of pyridine rings is 1. The van der Waals surface area contributed by atoms with Gasteiger partial charge in [-0.3, -0.25) is 4.79 Å². The zero-order chi connectivity index (χ0) is 22.0. The number of hydrogen-bond acceptors (Lipinski definition) is 8. The SMILES string of the molecule is COc1nc(-c2cnc(N)nc2)ccc1NC(=O)c1c(-c2ccc(F)cc2)noc1C. The molecular weight excluding hydrogens is 403 g/mol. The lowest BCUT2D eigenvalue weighted by Crippen LogP contribution is -2.14. The van der Waals surface area contributed by atoms with Crippen molar-refractivity contribution in [3.8, 4) is 28.4 Å². The third-order valence-corrected chi connectivity index (χ3v) is 4.48. The molecule has 3 heterocycles. The number of amides is 1. The van der Waals surface area contributed by atoms with Crippen LogP contribution in [0.4, 0.5) is 16.0 Å². The second-order valence-electron chi connectivity index (χ2n) is 6.51. The molecule has 1 amide bonds. The predicted molar refractivity (Wildman–Crippen MR) is 111 cm³/mol. The second-order valence-corrected chi connectivity index (χ2v) is 6.51. The van der Waals surface area contributed by atoms with Crippen LogP contribution in [0.1, 0.15) is 16.1 Å². The van der Waals surface area contributed by atoms with Gasteiger partial charge in [-0.25, -0.2) is 19.3 Å². The first-order chi connectivity index (χ1) is 15.0. The summed E-state index contributed by atoms with van der Waals surface area (Å²) in [7, 11) is 1.44. The predicted octanol–water partition coefficient (Wildman–Crippen LogP) is 3.48. The van der Waals surface area contributed by atoms with Gasteiger partial charge in [0.25, 0.3) is 5.91 Å². The van der Waals surface area contributed by atoms with Gasteiger partial charge in [0.1, 0.15) is 28.5 Å².